The zero-order valence-electron chi connectivity index (χ0n) is 7.08. The highest BCUT2D eigenvalue weighted by molar-refractivity contribution is 6.34. The zero-order chi connectivity index (χ0) is 10.6. The van der Waals surface area contributed by atoms with Crippen LogP contribution in [0.5, 0.6) is 0 Å². The van der Waals surface area contributed by atoms with E-state index in [0.717, 1.165) is 6.08 Å². The molecule has 0 saturated heterocycles. The molecular formula is C10H7ClF2O. The van der Waals surface area contributed by atoms with Crippen molar-refractivity contribution in [3.05, 3.63) is 42.0 Å². The van der Waals surface area contributed by atoms with Gasteiger partial charge in [-0.05, 0) is 23.2 Å². The molecule has 1 aromatic carbocycles. The van der Waals surface area contributed by atoms with Crippen LogP contribution in [-0.2, 0) is 4.79 Å². The normalized spacial score (nSPS) is 11.9. The first-order chi connectivity index (χ1) is 6.50. The molecule has 0 heterocycles. The van der Waals surface area contributed by atoms with Gasteiger partial charge in [0.25, 0.3) is 0 Å². The fourth-order valence-electron chi connectivity index (χ4n) is 0.831. The number of alkyl halides is 3. The number of hydrogen-bond acceptors (Lipinski definition) is 1. The second kappa shape index (κ2) is 4.33. The van der Waals surface area contributed by atoms with Gasteiger partial charge in [-0.1, -0.05) is 36.4 Å². The highest BCUT2D eigenvalue weighted by atomic mass is 35.5. The average Bonchev–Trinajstić information content (AvgIpc) is 2.14. The Morgan fingerprint density at radius 1 is 1.29 bits per heavy atom. The quantitative estimate of drug-likeness (QED) is 0.561. The summed E-state index contributed by atoms with van der Waals surface area (Å²) in [5.74, 6) is -1.41. The van der Waals surface area contributed by atoms with Crippen molar-refractivity contribution in [1.29, 1.82) is 0 Å². The van der Waals surface area contributed by atoms with Gasteiger partial charge in [0, 0.05) is 0 Å². The van der Waals surface area contributed by atoms with Crippen LogP contribution in [0.25, 0.3) is 6.08 Å². The van der Waals surface area contributed by atoms with E-state index in [1.54, 1.807) is 30.3 Å². The standard InChI is InChI=1S/C10H7ClF2O/c11-10(12,13)9(14)7-6-8-4-2-1-3-5-8/h1-7H/b7-6+. The molecule has 1 aromatic rings. The van der Waals surface area contributed by atoms with Crippen LogP contribution in [0, 0.1) is 0 Å². The van der Waals surface area contributed by atoms with Gasteiger partial charge in [0.15, 0.2) is 0 Å². The third-order valence-electron chi connectivity index (χ3n) is 1.51. The van der Waals surface area contributed by atoms with Crippen molar-refractivity contribution in [3.63, 3.8) is 0 Å². The summed E-state index contributed by atoms with van der Waals surface area (Å²) in [4.78, 5) is 10.7. The van der Waals surface area contributed by atoms with Crippen molar-refractivity contribution in [2.24, 2.45) is 0 Å². The Bertz CT molecular complexity index is 341. The summed E-state index contributed by atoms with van der Waals surface area (Å²) in [7, 11) is 0. The summed E-state index contributed by atoms with van der Waals surface area (Å²) in [6, 6.07) is 8.65. The van der Waals surface area contributed by atoms with E-state index in [0.29, 0.717) is 5.56 Å². The van der Waals surface area contributed by atoms with Crippen LogP contribution in [0.15, 0.2) is 36.4 Å². The first-order valence-electron chi connectivity index (χ1n) is 3.84. The summed E-state index contributed by atoms with van der Waals surface area (Å²) in [6.45, 7) is 0. The Morgan fingerprint density at radius 3 is 2.36 bits per heavy atom. The predicted molar refractivity (Wildman–Crippen MR) is 51.3 cm³/mol. The molecule has 74 valence electrons. The number of carbonyl (C=O) groups is 1. The number of hydrogen-bond donors (Lipinski definition) is 0. The highest BCUT2D eigenvalue weighted by Crippen LogP contribution is 2.20. The van der Waals surface area contributed by atoms with Crippen LogP contribution >= 0.6 is 11.6 Å². The molecule has 0 aliphatic rings. The van der Waals surface area contributed by atoms with Gasteiger partial charge in [-0.2, -0.15) is 8.78 Å². The molecule has 0 spiro atoms. The van der Waals surface area contributed by atoms with Gasteiger partial charge < -0.3 is 0 Å². The minimum absolute atomic E-state index is 0.668. The van der Waals surface area contributed by atoms with Crippen molar-refractivity contribution in [1.82, 2.24) is 0 Å². The van der Waals surface area contributed by atoms with Crippen LogP contribution in [0.4, 0.5) is 8.78 Å². The molecule has 0 unspecified atom stereocenters. The number of benzene rings is 1. The van der Waals surface area contributed by atoms with Gasteiger partial charge in [-0.15, -0.1) is 0 Å². The third kappa shape index (κ3) is 3.26. The van der Waals surface area contributed by atoms with Gasteiger partial charge in [0.05, 0.1) is 0 Å². The van der Waals surface area contributed by atoms with Crippen molar-refractivity contribution < 1.29 is 13.6 Å². The molecule has 0 fully saturated rings. The lowest BCUT2D eigenvalue weighted by atomic mass is 10.2. The van der Waals surface area contributed by atoms with Crippen LogP contribution in [0.3, 0.4) is 0 Å². The summed E-state index contributed by atoms with van der Waals surface area (Å²) >= 11 is 4.52. The third-order valence-corrected chi connectivity index (χ3v) is 1.69. The summed E-state index contributed by atoms with van der Waals surface area (Å²) in [5.41, 5.74) is 0.668. The molecule has 0 aliphatic carbocycles. The topological polar surface area (TPSA) is 17.1 Å². The SMILES string of the molecule is O=C(/C=C/c1ccccc1)C(F)(F)Cl. The van der Waals surface area contributed by atoms with Gasteiger partial charge in [-0.3, -0.25) is 4.79 Å². The molecular weight excluding hydrogens is 210 g/mol. The fraction of sp³-hybridized carbons (Fsp3) is 0.100. The minimum Gasteiger partial charge on any atom is -0.287 e. The molecule has 0 aromatic heterocycles. The van der Waals surface area contributed by atoms with E-state index in [-0.39, 0.29) is 0 Å². The number of allylic oxidation sites excluding steroid dienone is 1. The van der Waals surface area contributed by atoms with E-state index in [1.165, 1.54) is 6.08 Å². The second-order valence-electron chi connectivity index (χ2n) is 2.61. The van der Waals surface area contributed by atoms with Gasteiger partial charge in [0.2, 0.25) is 5.78 Å². The molecule has 0 radical (unpaired) electrons. The van der Waals surface area contributed by atoms with Gasteiger partial charge in [-0.25, -0.2) is 0 Å². The first-order valence-corrected chi connectivity index (χ1v) is 4.22. The number of rotatable bonds is 3. The van der Waals surface area contributed by atoms with Crippen LogP contribution in [0.2, 0.25) is 0 Å². The predicted octanol–water partition coefficient (Wildman–Crippen LogP) is 3.10. The molecule has 0 saturated carbocycles. The average molecular weight is 217 g/mol. The van der Waals surface area contributed by atoms with E-state index >= 15 is 0 Å². The van der Waals surface area contributed by atoms with Crippen LogP contribution in [0.1, 0.15) is 5.56 Å². The molecule has 4 heteroatoms. The fourth-order valence-corrected chi connectivity index (χ4v) is 0.894. The molecule has 0 atom stereocenters. The minimum atomic E-state index is -3.81. The zero-order valence-corrected chi connectivity index (χ0v) is 7.84. The number of halogens is 3. The van der Waals surface area contributed by atoms with Gasteiger partial charge in [0.1, 0.15) is 0 Å². The lowest BCUT2D eigenvalue weighted by molar-refractivity contribution is -0.128. The largest absolute Gasteiger partial charge is 0.384 e. The Morgan fingerprint density at radius 2 is 1.86 bits per heavy atom. The second-order valence-corrected chi connectivity index (χ2v) is 3.08. The smallest absolute Gasteiger partial charge is 0.287 e. The summed E-state index contributed by atoms with van der Waals surface area (Å²) in [5, 5.41) is -3.81. The molecule has 0 N–H and O–H groups in total. The van der Waals surface area contributed by atoms with E-state index in [1.807, 2.05) is 0 Å². The first kappa shape index (κ1) is 10.9. The number of carbonyl (C=O) groups excluding carboxylic acids is 1. The van der Waals surface area contributed by atoms with Crippen LogP contribution in [-0.4, -0.2) is 11.2 Å². The van der Waals surface area contributed by atoms with Crippen LogP contribution < -0.4 is 0 Å². The van der Waals surface area contributed by atoms with Gasteiger partial charge >= 0.3 is 5.38 Å². The van der Waals surface area contributed by atoms with E-state index in [2.05, 4.69) is 11.6 Å². The maximum absolute atomic E-state index is 12.2. The lowest BCUT2D eigenvalue weighted by Crippen LogP contribution is -2.18. The molecule has 0 aliphatic heterocycles. The molecule has 1 nitrogen and oxygen atoms in total. The molecule has 0 amide bonds. The maximum Gasteiger partial charge on any atom is 0.384 e. The molecule has 14 heavy (non-hydrogen) atoms. The summed E-state index contributed by atoms with van der Waals surface area (Å²) in [6.07, 6.45) is 2.06. The van der Waals surface area contributed by atoms with Crippen molar-refractivity contribution in [2.45, 2.75) is 5.38 Å². The van der Waals surface area contributed by atoms with E-state index < -0.39 is 11.2 Å². The highest BCUT2D eigenvalue weighted by Gasteiger charge is 2.32. The Labute approximate surface area is 85.0 Å². The Kier molecular flexibility index (Phi) is 3.36. The number of ketones is 1. The Balaban J connectivity index is 2.71. The molecule has 0 bridgehead atoms. The van der Waals surface area contributed by atoms with E-state index in [4.69, 9.17) is 0 Å². The lowest BCUT2D eigenvalue weighted by Gasteiger charge is -2.00. The van der Waals surface area contributed by atoms with Crippen molar-refractivity contribution in [3.8, 4) is 0 Å². The van der Waals surface area contributed by atoms with Crippen molar-refractivity contribution >= 4 is 23.5 Å². The van der Waals surface area contributed by atoms with Crippen molar-refractivity contribution in [2.75, 3.05) is 0 Å². The monoisotopic (exact) mass is 216 g/mol. The maximum atomic E-state index is 12.2. The van der Waals surface area contributed by atoms with E-state index in [9.17, 15) is 13.6 Å². The molecule has 1 rings (SSSR count). The Hall–Kier alpha value is -1.22. The summed E-state index contributed by atoms with van der Waals surface area (Å²) < 4.78 is 24.4.